The lowest BCUT2D eigenvalue weighted by molar-refractivity contribution is -0.114. The summed E-state index contributed by atoms with van der Waals surface area (Å²) in [6.07, 6.45) is 1.66. The van der Waals surface area contributed by atoms with Gasteiger partial charge in [0.15, 0.2) is 0 Å². The molecular weight excluding hydrogens is 402 g/mol. The molecule has 0 aliphatic carbocycles. The molecule has 0 fully saturated rings. The molecule has 1 N–H and O–H groups in total. The zero-order chi connectivity index (χ0) is 21.1. The molecule has 8 heteroatoms. The molecule has 1 aliphatic heterocycles. The summed E-state index contributed by atoms with van der Waals surface area (Å²) in [6.45, 7) is -0.175. The van der Waals surface area contributed by atoms with Gasteiger partial charge in [0.1, 0.15) is 11.6 Å². The molecule has 2 amide bonds. The van der Waals surface area contributed by atoms with Crippen LogP contribution in [-0.2, 0) is 9.53 Å². The average molecular weight is 419 g/mol. The van der Waals surface area contributed by atoms with Crippen molar-refractivity contribution in [3.8, 4) is 0 Å². The van der Waals surface area contributed by atoms with Crippen molar-refractivity contribution >= 4 is 40.9 Å². The molecule has 2 heterocycles. The molecule has 4 rings (SSSR count). The number of methoxy groups -OCH3 is 1. The summed E-state index contributed by atoms with van der Waals surface area (Å²) in [5.41, 5.74) is 2.00. The molecule has 7 nitrogen and oxygen atoms in total. The van der Waals surface area contributed by atoms with Crippen LogP contribution in [0.25, 0.3) is 0 Å². The first-order valence-electron chi connectivity index (χ1n) is 9.09. The van der Waals surface area contributed by atoms with Crippen LogP contribution in [0.2, 0.25) is 0 Å². The molecule has 0 saturated carbocycles. The first-order chi connectivity index (χ1) is 14.6. The van der Waals surface area contributed by atoms with E-state index in [-0.39, 0.29) is 18.4 Å². The van der Waals surface area contributed by atoms with Crippen molar-refractivity contribution in [3.63, 3.8) is 0 Å². The number of rotatable bonds is 4. The Kier molecular flexibility index (Phi) is 5.49. The van der Waals surface area contributed by atoms with Crippen LogP contribution in [0, 0.1) is 0 Å². The minimum Gasteiger partial charge on any atom is -0.465 e. The van der Waals surface area contributed by atoms with Crippen molar-refractivity contribution in [1.82, 2.24) is 4.98 Å². The van der Waals surface area contributed by atoms with E-state index >= 15 is 0 Å². The Hall–Kier alpha value is -3.65. The highest BCUT2D eigenvalue weighted by Crippen LogP contribution is 2.39. The highest BCUT2D eigenvalue weighted by Gasteiger charge is 2.29. The first kappa shape index (κ1) is 19.7. The largest absolute Gasteiger partial charge is 0.465 e. The summed E-state index contributed by atoms with van der Waals surface area (Å²) in [5.74, 6) is -1.09. The number of esters is 1. The number of nitrogens with one attached hydrogen (secondary N) is 1. The summed E-state index contributed by atoms with van der Waals surface area (Å²) < 4.78 is 4.67. The molecule has 0 atom stereocenters. The zero-order valence-corrected chi connectivity index (χ0v) is 16.8. The number of benzene rings is 2. The third-order valence-electron chi connectivity index (χ3n) is 4.50. The third-order valence-corrected chi connectivity index (χ3v) is 5.59. The highest BCUT2D eigenvalue weighted by molar-refractivity contribution is 7.99. The molecule has 1 aliphatic rings. The van der Waals surface area contributed by atoms with E-state index < -0.39 is 5.97 Å². The minimum atomic E-state index is -0.455. The quantitative estimate of drug-likeness (QED) is 0.650. The van der Waals surface area contributed by atoms with Crippen LogP contribution in [0.3, 0.4) is 0 Å². The highest BCUT2D eigenvalue weighted by atomic mass is 32.2. The van der Waals surface area contributed by atoms with Crippen LogP contribution in [-0.4, -0.2) is 36.4 Å². The average Bonchev–Trinajstić information content (AvgIpc) is 2.89. The second kappa shape index (κ2) is 8.38. The van der Waals surface area contributed by atoms with Gasteiger partial charge in [-0.2, -0.15) is 0 Å². The molecular formula is C22H17N3O4S. The van der Waals surface area contributed by atoms with Gasteiger partial charge in [-0.3, -0.25) is 14.5 Å². The number of hydrogen-bond acceptors (Lipinski definition) is 6. The predicted molar refractivity (Wildman–Crippen MR) is 113 cm³/mol. The van der Waals surface area contributed by atoms with Crippen LogP contribution in [0.1, 0.15) is 20.7 Å². The summed E-state index contributed by atoms with van der Waals surface area (Å²) in [5, 5.41) is 3.42. The van der Waals surface area contributed by atoms with Gasteiger partial charge in [-0.05, 0) is 48.5 Å². The first-order valence-corrected chi connectivity index (χ1v) is 9.90. The van der Waals surface area contributed by atoms with E-state index in [9.17, 15) is 14.4 Å². The number of pyridine rings is 1. The van der Waals surface area contributed by atoms with Gasteiger partial charge in [0.25, 0.3) is 5.91 Å². The smallest absolute Gasteiger partial charge is 0.337 e. The Balaban J connectivity index is 1.57. The number of anilines is 2. The van der Waals surface area contributed by atoms with Crippen molar-refractivity contribution in [2.24, 2.45) is 0 Å². The van der Waals surface area contributed by atoms with Gasteiger partial charge in [0, 0.05) is 16.8 Å². The topological polar surface area (TPSA) is 88.6 Å². The zero-order valence-electron chi connectivity index (χ0n) is 16.0. The van der Waals surface area contributed by atoms with Crippen molar-refractivity contribution in [1.29, 1.82) is 0 Å². The number of carbonyl (C=O) groups excluding carboxylic acids is 3. The van der Waals surface area contributed by atoms with Crippen molar-refractivity contribution in [2.75, 3.05) is 23.9 Å². The van der Waals surface area contributed by atoms with Crippen molar-refractivity contribution < 1.29 is 19.1 Å². The van der Waals surface area contributed by atoms with Gasteiger partial charge in [0.05, 0.1) is 23.9 Å². The van der Waals surface area contributed by atoms with E-state index in [1.54, 1.807) is 54.7 Å². The van der Waals surface area contributed by atoms with E-state index in [0.717, 1.165) is 4.90 Å². The van der Waals surface area contributed by atoms with Crippen molar-refractivity contribution in [3.05, 3.63) is 78.0 Å². The molecule has 150 valence electrons. The Bertz CT molecular complexity index is 1130. The number of amides is 2. The summed E-state index contributed by atoms with van der Waals surface area (Å²) in [4.78, 5) is 44.0. The molecule has 3 aromatic rings. The molecule has 0 radical (unpaired) electrons. The number of nitrogens with zero attached hydrogens (tertiary/aromatic N) is 2. The maximum absolute atomic E-state index is 13.2. The Morgan fingerprint density at radius 1 is 1.07 bits per heavy atom. The number of ether oxygens (including phenoxy) is 1. The van der Waals surface area contributed by atoms with E-state index in [2.05, 4.69) is 15.0 Å². The fourth-order valence-corrected chi connectivity index (χ4v) is 4.08. The maximum atomic E-state index is 13.2. The van der Waals surface area contributed by atoms with E-state index in [1.165, 1.54) is 23.8 Å². The number of carbonyl (C=O) groups is 3. The lowest BCUT2D eigenvalue weighted by Gasteiger charge is -2.22. The van der Waals surface area contributed by atoms with Gasteiger partial charge in [0.2, 0.25) is 5.91 Å². The second-order valence-electron chi connectivity index (χ2n) is 6.43. The lowest BCUT2D eigenvalue weighted by atomic mass is 10.2. The van der Waals surface area contributed by atoms with Crippen molar-refractivity contribution in [2.45, 2.75) is 9.92 Å². The molecule has 30 heavy (non-hydrogen) atoms. The molecule has 0 bridgehead atoms. The van der Waals surface area contributed by atoms with Gasteiger partial charge in [-0.1, -0.05) is 23.9 Å². The molecule has 0 saturated heterocycles. The molecule has 1 aromatic heterocycles. The van der Waals surface area contributed by atoms with Crippen LogP contribution >= 0.6 is 11.8 Å². The van der Waals surface area contributed by atoms with E-state index in [4.69, 9.17) is 0 Å². The Morgan fingerprint density at radius 2 is 1.83 bits per heavy atom. The number of hydrogen-bond donors (Lipinski definition) is 1. The second-order valence-corrected chi connectivity index (χ2v) is 7.46. The monoisotopic (exact) mass is 419 g/mol. The van der Waals surface area contributed by atoms with Crippen LogP contribution in [0.4, 0.5) is 11.4 Å². The Labute approximate surface area is 177 Å². The van der Waals surface area contributed by atoms with Crippen LogP contribution in [0.15, 0.2) is 76.8 Å². The van der Waals surface area contributed by atoms with Gasteiger partial charge >= 0.3 is 5.97 Å². The number of fused-ring (bicyclic) bond motifs is 2. The minimum absolute atomic E-state index is 0.175. The normalized spacial score (nSPS) is 12.4. The predicted octanol–water partition coefficient (Wildman–Crippen LogP) is 3.62. The van der Waals surface area contributed by atoms with E-state index in [1.807, 2.05) is 12.1 Å². The SMILES string of the molecule is COC(=O)c1ccc(NC(=O)CN2C(=O)c3ccccc3Sc3ncccc32)cc1. The van der Waals surface area contributed by atoms with Gasteiger partial charge in [-0.15, -0.1) is 0 Å². The summed E-state index contributed by atoms with van der Waals surface area (Å²) in [7, 11) is 1.30. The molecule has 0 unspecified atom stereocenters. The van der Waals surface area contributed by atoms with Gasteiger partial charge < -0.3 is 10.1 Å². The lowest BCUT2D eigenvalue weighted by Crippen LogP contribution is -2.38. The fraction of sp³-hybridized carbons (Fsp3) is 0.0909. The summed E-state index contributed by atoms with van der Waals surface area (Å²) in [6, 6.07) is 17.1. The van der Waals surface area contributed by atoms with E-state index in [0.29, 0.717) is 27.5 Å². The van der Waals surface area contributed by atoms with Crippen LogP contribution < -0.4 is 10.2 Å². The third kappa shape index (κ3) is 3.90. The fourth-order valence-electron chi connectivity index (χ4n) is 3.07. The van der Waals surface area contributed by atoms with Crippen LogP contribution in [0.5, 0.6) is 0 Å². The standard InChI is InChI=1S/C22H17N3O4S/c1-29-22(28)14-8-10-15(11-9-14)24-19(26)13-25-17-6-4-12-23-20(17)30-18-7-3-2-5-16(18)21(25)27/h2-12H,13H2,1H3,(H,24,26). The molecule has 0 spiro atoms. The maximum Gasteiger partial charge on any atom is 0.337 e. The summed E-state index contributed by atoms with van der Waals surface area (Å²) >= 11 is 1.40. The Morgan fingerprint density at radius 3 is 2.60 bits per heavy atom. The molecule has 2 aromatic carbocycles. The van der Waals surface area contributed by atoms with Gasteiger partial charge in [-0.25, -0.2) is 9.78 Å². The number of aromatic nitrogens is 1.